The molecular weight excluding hydrogens is 292 g/mol. The number of hydrogen-bond acceptors (Lipinski definition) is 10. The first-order chi connectivity index (χ1) is 9.83. The first kappa shape index (κ1) is 18.4. The number of rotatable bonds is 7. The minimum absolute atomic E-state index is 0.387. The van der Waals surface area contributed by atoms with Crippen LogP contribution in [0.5, 0.6) is 0 Å². The van der Waals surface area contributed by atoms with E-state index in [-0.39, 0.29) is 6.61 Å². The van der Waals surface area contributed by atoms with Crippen LogP contribution in [-0.4, -0.2) is 104 Å². The molecule has 21 heavy (non-hydrogen) atoms. The monoisotopic (exact) mass is 312 g/mol. The molecule has 1 heterocycles. The third-order valence-corrected chi connectivity index (χ3v) is 3.05. The number of aliphatic hydroxyl groups is 7. The van der Waals surface area contributed by atoms with Crippen molar-refractivity contribution in [3.8, 4) is 0 Å². The van der Waals surface area contributed by atoms with Crippen LogP contribution in [-0.2, 0) is 14.3 Å². The molecule has 0 aliphatic carbocycles. The molecule has 0 aromatic rings. The summed E-state index contributed by atoms with van der Waals surface area (Å²) >= 11 is 0. The second kappa shape index (κ2) is 8.08. The van der Waals surface area contributed by atoms with Crippen LogP contribution in [0.15, 0.2) is 0 Å². The lowest BCUT2D eigenvalue weighted by molar-refractivity contribution is -0.287. The predicted octanol–water partition coefficient (Wildman–Crippen LogP) is -4.91. The summed E-state index contributed by atoms with van der Waals surface area (Å²) in [6, 6.07) is 0. The highest BCUT2D eigenvalue weighted by Gasteiger charge is 2.42. The van der Waals surface area contributed by atoms with Gasteiger partial charge in [-0.15, -0.1) is 0 Å². The van der Waals surface area contributed by atoms with Gasteiger partial charge in [-0.25, -0.2) is 0 Å². The predicted molar refractivity (Wildman–Crippen MR) is 63.8 cm³/mol. The second-order valence-electron chi connectivity index (χ2n) is 4.66. The van der Waals surface area contributed by atoms with Gasteiger partial charge < -0.3 is 45.2 Å². The Balaban J connectivity index is 2.79. The molecule has 0 amide bonds. The van der Waals surface area contributed by atoms with Crippen LogP contribution in [0.2, 0.25) is 0 Å². The van der Waals surface area contributed by atoms with Crippen molar-refractivity contribution < 1.29 is 50.0 Å². The van der Waals surface area contributed by atoms with E-state index in [9.17, 15) is 30.3 Å². The van der Waals surface area contributed by atoms with Crippen molar-refractivity contribution in [2.45, 2.75) is 42.9 Å². The zero-order chi connectivity index (χ0) is 16.2. The summed E-state index contributed by atoms with van der Waals surface area (Å²) < 4.78 is 9.88. The van der Waals surface area contributed by atoms with Gasteiger partial charge in [-0.3, -0.25) is 4.79 Å². The van der Waals surface area contributed by atoms with Crippen molar-refractivity contribution in [2.24, 2.45) is 0 Å². The van der Waals surface area contributed by atoms with Crippen molar-refractivity contribution in [3.05, 3.63) is 0 Å². The van der Waals surface area contributed by atoms with Gasteiger partial charge in [0, 0.05) is 0 Å². The topological polar surface area (TPSA) is 177 Å². The molecule has 10 heteroatoms. The number of ether oxygens (including phenoxy) is 2. The minimum atomic E-state index is -1.85. The zero-order valence-corrected chi connectivity index (χ0v) is 11.0. The molecule has 124 valence electrons. The van der Waals surface area contributed by atoms with E-state index in [1.54, 1.807) is 0 Å². The number of carbonyl (C=O) groups excluding carboxylic acids is 1. The normalized spacial score (nSPS) is 34.2. The summed E-state index contributed by atoms with van der Waals surface area (Å²) in [6.07, 6.45) is -11.6. The maximum absolute atomic E-state index is 11.7. The fourth-order valence-corrected chi connectivity index (χ4v) is 1.77. The van der Waals surface area contributed by atoms with Crippen LogP contribution < -0.4 is 0 Å². The van der Waals surface area contributed by atoms with E-state index in [4.69, 9.17) is 19.7 Å². The number of Topliss-reactive ketones (excluding diaryl/α,β-unsaturated/α-hetero) is 1. The van der Waals surface area contributed by atoms with Gasteiger partial charge in [-0.2, -0.15) is 0 Å². The van der Waals surface area contributed by atoms with E-state index in [1.165, 1.54) is 0 Å². The Morgan fingerprint density at radius 1 is 1.14 bits per heavy atom. The third kappa shape index (κ3) is 4.39. The Hall–Kier alpha value is -0.690. The summed E-state index contributed by atoms with van der Waals surface area (Å²) in [7, 11) is 0. The van der Waals surface area contributed by atoms with E-state index in [1.807, 2.05) is 0 Å². The SMILES string of the molecule is O=C(C(O)CO)[C@H](O[C@H]1OC[C@@H](O)[C@H](O)C1O)C(O)CO. The fraction of sp³-hybridized carbons (Fsp3) is 0.909. The fourth-order valence-electron chi connectivity index (χ4n) is 1.77. The van der Waals surface area contributed by atoms with E-state index >= 15 is 0 Å². The second-order valence-corrected chi connectivity index (χ2v) is 4.66. The van der Waals surface area contributed by atoms with Crippen LogP contribution in [0, 0.1) is 0 Å². The van der Waals surface area contributed by atoms with Crippen molar-refractivity contribution >= 4 is 5.78 Å². The van der Waals surface area contributed by atoms with Crippen LogP contribution in [0.25, 0.3) is 0 Å². The molecule has 7 atom stereocenters. The molecule has 0 radical (unpaired) electrons. The van der Waals surface area contributed by atoms with Gasteiger partial charge in [0.25, 0.3) is 0 Å². The Morgan fingerprint density at radius 3 is 2.29 bits per heavy atom. The Kier molecular flexibility index (Phi) is 7.06. The van der Waals surface area contributed by atoms with E-state index in [0.717, 1.165) is 0 Å². The van der Waals surface area contributed by atoms with Gasteiger partial charge in [0.1, 0.15) is 36.6 Å². The van der Waals surface area contributed by atoms with E-state index in [2.05, 4.69) is 0 Å². The minimum Gasteiger partial charge on any atom is -0.394 e. The molecule has 10 nitrogen and oxygen atoms in total. The molecule has 0 spiro atoms. The number of ketones is 1. The molecule has 0 aromatic heterocycles. The largest absolute Gasteiger partial charge is 0.394 e. The highest BCUT2D eigenvalue weighted by atomic mass is 16.7. The summed E-state index contributed by atoms with van der Waals surface area (Å²) in [6.45, 7) is -2.20. The van der Waals surface area contributed by atoms with Crippen molar-refractivity contribution in [2.75, 3.05) is 19.8 Å². The third-order valence-electron chi connectivity index (χ3n) is 3.05. The van der Waals surface area contributed by atoms with Gasteiger partial charge in [-0.1, -0.05) is 0 Å². The summed E-state index contributed by atoms with van der Waals surface area (Å²) in [5, 5.41) is 64.8. The average molecular weight is 312 g/mol. The Morgan fingerprint density at radius 2 is 1.76 bits per heavy atom. The van der Waals surface area contributed by atoms with E-state index in [0.29, 0.717) is 0 Å². The molecule has 1 rings (SSSR count). The Bertz CT molecular complexity index is 337. The molecule has 3 unspecified atom stereocenters. The molecule has 1 aliphatic rings. The molecule has 0 aromatic carbocycles. The van der Waals surface area contributed by atoms with Crippen molar-refractivity contribution in [1.29, 1.82) is 0 Å². The standard InChI is InChI=1S/C11H20O10/c12-1-4(14)8(18)10(5(15)2-13)21-11-9(19)7(17)6(16)3-20-11/h4-7,9-17,19H,1-3H2/t4?,5?,6-,7+,9?,10-,11-/m1/s1. The first-order valence-electron chi connectivity index (χ1n) is 6.26. The molecule has 0 saturated carbocycles. The van der Waals surface area contributed by atoms with E-state index < -0.39 is 61.9 Å². The van der Waals surface area contributed by atoms with Crippen LogP contribution >= 0.6 is 0 Å². The van der Waals surface area contributed by atoms with Crippen molar-refractivity contribution in [1.82, 2.24) is 0 Å². The molecule has 0 bridgehead atoms. The number of aliphatic hydroxyl groups excluding tert-OH is 7. The summed E-state index contributed by atoms with van der Waals surface area (Å²) in [4.78, 5) is 11.7. The van der Waals surface area contributed by atoms with Crippen molar-refractivity contribution in [3.63, 3.8) is 0 Å². The summed E-state index contributed by atoms with van der Waals surface area (Å²) in [5.74, 6) is -1.13. The highest BCUT2D eigenvalue weighted by molar-refractivity contribution is 5.87. The van der Waals surface area contributed by atoms with Gasteiger partial charge >= 0.3 is 0 Å². The first-order valence-corrected chi connectivity index (χ1v) is 6.26. The molecule has 1 saturated heterocycles. The average Bonchev–Trinajstić information content (AvgIpc) is 2.49. The number of carbonyl (C=O) groups is 1. The maximum atomic E-state index is 11.7. The quantitative estimate of drug-likeness (QED) is 0.241. The molecular formula is C11H20O10. The molecule has 1 aliphatic heterocycles. The lowest BCUT2D eigenvalue weighted by Crippen LogP contribution is -2.57. The number of hydrogen-bond donors (Lipinski definition) is 7. The zero-order valence-electron chi connectivity index (χ0n) is 11.0. The van der Waals surface area contributed by atoms with Gasteiger partial charge in [0.05, 0.1) is 19.8 Å². The Labute approximate surface area is 119 Å². The lowest BCUT2D eigenvalue weighted by atomic mass is 10.0. The van der Waals surface area contributed by atoms with Crippen LogP contribution in [0.4, 0.5) is 0 Å². The van der Waals surface area contributed by atoms with Gasteiger partial charge in [-0.05, 0) is 0 Å². The molecule has 1 fully saturated rings. The smallest absolute Gasteiger partial charge is 0.195 e. The maximum Gasteiger partial charge on any atom is 0.195 e. The summed E-state index contributed by atoms with van der Waals surface area (Å²) in [5.41, 5.74) is 0. The van der Waals surface area contributed by atoms with Crippen LogP contribution in [0.1, 0.15) is 0 Å². The van der Waals surface area contributed by atoms with Gasteiger partial charge in [0.15, 0.2) is 12.1 Å². The van der Waals surface area contributed by atoms with Gasteiger partial charge in [0.2, 0.25) is 0 Å². The van der Waals surface area contributed by atoms with Crippen LogP contribution in [0.3, 0.4) is 0 Å². The highest BCUT2D eigenvalue weighted by Crippen LogP contribution is 2.19. The molecule has 7 N–H and O–H groups in total. The lowest BCUT2D eigenvalue weighted by Gasteiger charge is -2.37.